The highest BCUT2D eigenvalue weighted by molar-refractivity contribution is 5.53. The van der Waals surface area contributed by atoms with Crippen molar-refractivity contribution in [3.63, 3.8) is 0 Å². The Balaban J connectivity index is 1.89. The third-order valence-corrected chi connectivity index (χ3v) is 3.14. The highest BCUT2D eigenvalue weighted by Crippen LogP contribution is 2.18. The summed E-state index contributed by atoms with van der Waals surface area (Å²) in [5.74, 6) is 0.570. The zero-order valence-corrected chi connectivity index (χ0v) is 9.30. The molecule has 1 aliphatic heterocycles. The van der Waals surface area contributed by atoms with E-state index in [-0.39, 0.29) is 5.92 Å². The lowest BCUT2D eigenvalue weighted by molar-refractivity contribution is -0.112. The van der Waals surface area contributed by atoms with Crippen LogP contribution in [0.25, 0.3) is 0 Å². The lowest BCUT2D eigenvalue weighted by Crippen LogP contribution is -2.33. The Morgan fingerprint density at radius 3 is 2.75 bits per heavy atom. The van der Waals surface area contributed by atoms with Gasteiger partial charge in [0.2, 0.25) is 0 Å². The number of aldehydes is 1. The third kappa shape index (κ3) is 2.83. The first-order valence-electron chi connectivity index (χ1n) is 5.73. The Bertz CT molecular complexity index is 357. The second-order valence-corrected chi connectivity index (χ2v) is 4.42. The zero-order valence-electron chi connectivity index (χ0n) is 9.30. The van der Waals surface area contributed by atoms with Crippen molar-refractivity contribution in [2.45, 2.75) is 19.4 Å². The molecule has 86 valence electrons. The number of piperidine rings is 1. The smallest absolute Gasteiger partial charge is 0.123 e. The van der Waals surface area contributed by atoms with E-state index in [0.717, 1.165) is 44.3 Å². The summed E-state index contributed by atoms with van der Waals surface area (Å²) < 4.78 is 0. The lowest BCUT2D eigenvalue weighted by atomic mass is 9.98. The molecule has 1 saturated heterocycles. The van der Waals surface area contributed by atoms with Crippen molar-refractivity contribution in [2.75, 3.05) is 13.1 Å². The van der Waals surface area contributed by atoms with Gasteiger partial charge in [-0.3, -0.25) is 4.90 Å². The van der Waals surface area contributed by atoms with Gasteiger partial charge in [0, 0.05) is 12.5 Å². The minimum absolute atomic E-state index is 0.250. The number of carbonyl (C=O) groups excluding carboxylic acids is 1. The summed E-state index contributed by atoms with van der Waals surface area (Å²) in [6, 6.07) is 7.36. The summed E-state index contributed by atoms with van der Waals surface area (Å²) in [7, 11) is 0. The van der Waals surface area contributed by atoms with E-state index >= 15 is 0 Å². The van der Waals surface area contributed by atoms with E-state index in [0.29, 0.717) is 5.75 Å². The second-order valence-electron chi connectivity index (χ2n) is 4.42. The maximum atomic E-state index is 10.6. The van der Waals surface area contributed by atoms with Gasteiger partial charge in [-0.15, -0.1) is 0 Å². The molecule has 0 spiro atoms. The van der Waals surface area contributed by atoms with Crippen molar-refractivity contribution in [2.24, 2.45) is 5.92 Å². The van der Waals surface area contributed by atoms with Crippen LogP contribution in [0.5, 0.6) is 5.75 Å². The Morgan fingerprint density at radius 1 is 1.38 bits per heavy atom. The largest absolute Gasteiger partial charge is 0.508 e. The van der Waals surface area contributed by atoms with Crippen LogP contribution in [0.3, 0.4) is 0 Å². The van der Waals surface area contributed by atoms with Crippen LogP contribution >= 0.6 is 0 Å². The molecule has 0 atom stereocenters. The number of rotatable bonds is 3. The molecule has 0 unspecified atom stereocenters. The minimum atomic E-state index is 0.250. The fourth-order valence-corrected chi connectivity index (χ4v) is 2.16. The monoisotopic (exact) mass is 219 g/mol. The fourth-order valence-electron chi connectivity index (χ4n) is 2.16. The van der Waals surface area contributed by atoms with Crippen molar-refractivity contribution < 1.29 is 9.90 Å². The predicted molar refractivity (Wildman–Crippen MR) is 62.2 cm³/mol. The maximum Gasteiger partial charge on any atom is 0.123 e. The van der Waals surface area contributed by atoms with E-state index in [1.165, 1.54) is 0 Å². The van der Waals surface area contributed by atoms with Crippen LogP contribution < -0.4 is 0 Å². The molecule has 0 saturated carbocycles. The second kappa shape index (κ2) is 5.12. The summed E-state index contributed by atoms with van der Waals surface area (Å²) in [5.41, 5.74) is 1.13. The van der Waals surface area contributed by atoms with Gasteiger partial charge < -0.3 is 9.90 Å². The molecule has 0 amide bonds. The Hall–Kier alpha value is -1.35. The lowest BCUT2D eigenvalue weighted by Gasteiger charge is -2.29. The van der Waals surface area contributed by atoms with Gasteiger partial charge in [0.25, 0.3) is 0 Å². The Kier molecular flexibility index (Phi) is 3.57. The van der Waals surface area contributed by atoms with Crippen LogP contribution in [0.2, 0.25) is 0 Å². The van der Waals surface area contributed by atoms with Gasteiger partial charge in [0.15, 0.2) is 0 Å². The highest BCUT2D eigenvalue weighted by Gasteiger charge is 2.18. The number of carbonyl (C=O) groups is 1. The van der Waals surface area contributed by atoms with Crippen molar-refractivity contribution in [1.29, 1.82) is 0 Å². The number of aromatic hydroxyl groups is 1. The van der Waals surface area contributed by atoms with E-state index in [2.05, 4.69) is 4.90 Å². The Morgan fingerprint density at radius 2 is 2.12 bits per heavy atom. The first-order valence-corrected chi connectivity index (χ1v) is 5.73. The van der Waals surface area contributed by atoms with E-state index < -0.39 is 0 Å². The Labute approximate surface area is 95.7 Å². The first kappa shape index (κ1) is 11.1. The number of hydrogen-bond acceptors (Lipinski definition) is 3. The van der Waals surface area contributed by atoms with Gasteiger partial charge in [-0.05, 0) is 43.6 Å². The molecule has 1 aliphatic rings. The predicted octanol–water partition coefficient (Wildman–Crippen LogP) is 1.80. The van der Waals surface area contributed by atoms with Crippen molar-refractivity contribution >= 4 is 6.29 Å². The van der Waals surface area contributed by atoms with Crippen LogP contribution in [0, 0.1) is 5.92 Å². The normalized spacial score (nSPS) is 18.5. The molecular weight excluding hydrogens is 202 g/mol. The number of likely N-dealkylation sites (tertiary alicyclic amines) is 1. The molecule has 0 bridgehead atoms. The summed E-state index contributed by atoms with van der Waals surface area (Å²) in [5, 5.41) is 9.36. The molecule has 1 heterocycles. The van der Waals surface area contributed by atoms with Crippen molar-refractivity contribution in [1.82, 2.24) is 4.90 Å². The number of phenols is 1. The van der Waals surface area contributed by atoms with E-state index in [9.17, 15) is 9.90 Å². The number of nitrogens with zero attached hydrogens (tertiary/aromatic N) is 1. The standard InChI is InChI=1S/C13H17NO2/c15-10-11-4-6-14(7-5-11)9-12-2-1-3-13(16)8-12/h1-3,8,10-11,16H,4-7,9H2. The molecule has 0 aliphatic carbocycles. The quantitative estimate of drug-likeness (QED) is 0.788. The average molecular weight is 219 g/mol. The average Bonchev–Trinajstić information content (AvgIpc) is 2.30. The van der Waals surface area contributed by atoms with Gasteiger partial charge in [0.05, 0.1) is 0 Å². The van der Waals surface area contributed by atoms with Crippen LogP contribution in [0.15, 0.2) is 24.3 Å². The van der Waals surface area contributed by atoms with Gasteiger partial charge in [0.1, 0.15) is 12.0 Å². The third-order valence-electron chi connectivity index (χ3n) is 3.14. The molecule has 2 rings (SSSR count). The van der Waals surface area contributed by atoms with Crippen LogP contribution in [-0.2, 0) is 11.3 Å². The van der Waals surface area contributed by atoms with Crippen molar-refractivity contribution in [3.8, 4) is 5.75 Å². The van der Waals surface area contributed by atoms with E-state index in [4.69, 9.17) is 0 Å². The molecule has 3 nitrogen and oxygen atoms in total. The van der Waals surface area contributed by atoms with Gasteiger partial charge >= 0.3 is 0 Å². The summed E-state index contributed by atoms with van der Waals surface area (Å²) in [6.45, 7) is 2.80. The maximum absolute atomic E-state index is 10.6. The molecule has 16 heavy (non-hydrogen) atoms. The SMILES string of the molecule is O=CC1CCN(Cc2cccc(O)c2)CC1. The van der Waals surface area contributed by atoms with Gasteiger partial charge in [-0.25, -0.2) is 0 Å². The number of benzene rings is 1. The molecular formula is C13H17NO2. The van der Waals surface area contributed by atoms with Crippen LogP contribution in [-0.4, -0.2) is 29.4 Å². The minimum Gasteiger partial charge on any atom is -0.508 e. The van der Waals surface area contributed by atoms with Crippen LogP contribution in [0.4, 0.5) is 0 Å². The fraction of sp³-hybridized carbons (Fsp3) is 0.462. The molecule has 1 aromatic rings. The topological polar surface area (TPSA) is 40.5 Å². The molecule has 0 aromatic heterocycles. The number of phenolic OH excluding ortho intramolecular Hbond substituents is 1. The summed E-state index contributed by atoms with van der Waals surface area (Å²) in [4.78, 5) is 12.9. The zero-order chi connectivity index (χ0) is 11.4. The first-order chi connectivity index (χ1) is 7.78. The summed E-state index contributed by atoms with van der Waals surface area (Å²) in [6.07, 6.45) is 3.00. The van der Waals surface area contributed by atoms with E-state index in [1.54, 1.807) is 12.1 Å². The highest BCUT2D eigenvalue weighted by atomic mass is 16.3. The molecule has 0 radical (unpaired) electrons. The number of hydrogen-bond donors (Lipinski definition) is 1. The van der Waals surface area contributed by atoms with E-state index in [1.807, 2.05) is 12.1 Å². The van der Waals surface area contributed by atoms with Crippen LogP contribution in [0.1, 0.15) is 18.4 Å². The van der Waals surface area contributed by atoms with Gasteiger partial charge in [-0.2, -0.15) is 0 Å². The molecule has 1 N–H and O–H groups in total. The molecule has 3 heteroatoms. The summed E-state index contributed by atoms with van der Waals surface area (Å²) >= 11 is 0. The molecule has 1 fully saturated rings. The molecule has 1 aromatic carbocycles. The van der Waals surface area contributed by atoms with Crippen molar-refractivity contribution in [3.05, 3.63) is 29.8 Å². The van der Waals surface area contributed by atoms with Gasteiger partial charge in [-0.1, -0.05) is 12.1 Å².